The van der Waals surface area contributed by atoms with Gasteiger partial charge in [-0.2, -0.15) is 18.1 Å². The number of hydrogen-bond donors (Lipinski definition) is 4. The van der Waals surface area contributed by atoms with E-state index in [2.05, 4.69) is 0 Å². The first kappa shape index (κ1) is 27.3. The minimum atomic E-state index is -1.83. The van der Waals surface area contributed by atoms with Gasteiger partial charge in [-0.1, -0.05) is 0 Å². The highest BCUT2D eigenvalue weighted by molar-refractivity contribution is 6.33. The molecule has 0 atom stereocenters. The largest absolute Gasteiger partial charge is 0.504 e. The van der Waals surface area contributed by atoms with Crippen molar-refractivity contribution in [2.75, 3.05) is 78.3 Å². The number of likely N-dealkylation sites (N-methyl/N-ethyl adjacent to an activating group) is 4. The molecule has 0 fully saturated rings. The first-order chi connectivity index (χ1) is 16.5. The molecule has 0 aromatic heterocycles. The van der Waals surface area contributed by atoms with Crippen LogP contribution in [-0.4, -0.2) is 110 Å². The summed E-state index contributed by atoms with van der Waals surface area (Å²) in [6.45, 7) is 1.01. The Kier molecular flexibility index (Phi) is 7.03. The highest BCUT2D eigenvalue weighted by atomic mass is 19.2. The Hall–Kier alpha value is -3.32. The van der Waals surface area contributed by atoms with E-state index in [1.807, 2.05) is 0 Å². The fourth-order valence-corrected chi connectivity index (χ4v) is 4.06. The topological polar surface area (TPSA) is 122 Å². The number of nitrogens with zero attached hydrogens (tertiary/aromatic N) is 4. The summed E-state index contributed by atoms with van der Waals surface area (Å²) in [6, 6.07) is 3.15. The summed E-state index contributed by atoms with van der Waals surface area (Å²) in [6.07, 6.45) is 0. The van der Waals surface area contributed by atoms with Crippen LogP contribution in [0.2, 0.25) is 0 Å². The fraction of sp³-hybridized carbons (Fsp3) is 0.417. The van der Waals surface area contributed by atoms with E-state index in [9.17, 15) is 39.0 Å². The van der Waals surface area contributed by atoms with Crippen LogP contribution in [0, 0.1) is 11.6 Å². The molecule has 0 amide bonds. The van der Waals surface area contributed by atoms with Crippen LogP contribution in [0.3, 0.4) is 0 Å². The summed E-state index contributed by atoms with van der Waals surface area (Å²) < 4.78 is 27.8. The van der Waals surface area contributed by atoms with Crippen molar-refractivity contribution in [1.29, 1.82) is 0 Å². The van der Waals surface area contributed by atoms with Gasteiger partial charge in [-0.25, -0.2) is 10.4 Å². The van der Waals surface area contributed by atoms with E-state index in [1.165, 1.54) is 0 Å². The summed E-state index contributed by atoms with van der Waals surface area (Å²) in [5.41, 5.74) is -1.40. The smallest absolute Gasteiger partial charge is 0.205 e. The Bertz CT molecular complexity index is 1140. The maximum atomic E-state index is 14.3. The molecule has 0 heterocycles. The summed E-state index contributed by atoms with van der Waals surface area (Å²) in [5.74, 6) is -8.30. The number of phenolic OH excluding ortho intramolecular Hbond substituents is 2. The molecule has 4 N–H and O–H groups in total. The van der Waals surface area contributed by atoms with Gasteiger partial charge in [0.15, 0.2) is 11.5 Å². The molecule has 3 rings (SSSR count). The van der Waals surface area contributed by atoms with E-state index < -0.39 is 45.8 Å². The van der Waals surface area contributed by atoms with Crippen LogP contribution in [0.5, 0.6) is 11.5 Å². The van der Waals surface area contributed by atoms with E-state index in [0.29, 0.717) is 0 Å². The van der Waals surface area contributed by atoms with Crippen molar-refractivity contribution in [2.45, 2.75) is 0 Å². The molecule has 12 heteroatoms. The minimum absolute atomic E-state index is 0.152. The molecule has 0 spiro atoms. The van der Waals surface area contributed by atoms with Crippen molar-refractivity contribution in [3.63, 3.8) is 0 Å². The van der Waals surface area contributed by atoms with Crippen molar-refractivity contribution in [3.05, 3.63) is 46.0 Å². The average Bonchev–Trinajstić information content (AvgIpc) is 2.78. The highest BCUT2D eigenvalue weighted by Gasteiger charge is 2.42. The molecule has 0 saturated heterocycles. The third-order valence-corrected chi connectivity index (χ3v) is 6.19. The molecule has 1 aliphatic rings. The fourth-order valence-electron chi connectivity index (χ4n) is 4.06. The maximum Gasteiger partial charge on any atom is 0.205 e. The van der Waals surface area contributed by atoms with E-state index in [0.717, 1.165) is 0 Å². The highest BCUT2D eigenvalue weighted by Crippen LogP contribution is 2.45. The zero-order valence-corrected chi connectivity index (χ0v) is 21.1. The van der Waals surface area contributed by atoms with Crippen LogP contribution in [0.15, 0.2) is 12.1 Å². The Morgan fingerprint density at radius 2 is 1.00 bits per heavy atom. The molecule has 0 aliphatic heterocycles. The summed E-state index contributed by atoms with van der Waals surface area (Å²) in [5, 5.41) is 40.7. The van der Waals surface area contributed by atoms with Crippen LogP contribution in [-0.2, 0) is 0 Å². The SMILES string of the molecule is CN(CC[N+](C)(C)O)c1ccc(N(C)CC[N+](C)(C)O)c2c1C(=O)c1c(O)c(F)c(F)c(O)c1C2=O. The van der Waals surface area contributed by atoms with Gasteiger partial charge in [0.25, 0.3) is 0 Å². The van der Waals surface area contributed by atoms with Crippen LogP contribution < -0.4 is 9.80 Å². The second kappa shape index (κ2) is 9.28. The molecule has 10 nitrogen and oxygen atoms in total. The number of anilines is 2. The van der Waals surface area contributed by atoms with Crippen molar-refractivity contribution >= 4 is 22.9 Å². The van der Waals surface area contributed by atoms with Crippen LogP contribution in [0.4, 0.5) is 20.2 Å². The van der Waals surface area contributed by atoms with Gasteiger partial charge in [-0.3, -0.25) is 9.59 Å². The number of halogens is 2. The van der Waals surface area contributed by atoms with Crippen LogP contribution in [0.1, 0.15) is 31.8 Å². The monoisotopic (exact) mass is 510 g/mol. The predicted molar refractivity (Wildman–Crippen MR) is 127 cm³/mol. The van der Waals surface area contributed by atoms with Crippen LogP contribution >= 0.6 is 0 Å². The third kappa shape index (κ3) is 4.98. The van der Waals surface area contributed by atoms with Crippen molar-refractivity contribution in [1.82, 2.24) is 0 Å². The number of hydroxylamine groups is 6. The minimum Gasteiger partial charge on any atom is -0.504 e. The van der Waals surface area contributed by atoms with Gasteiger partial charge in [-0.05, 0) is 12.1 Å². The van der Waals surface area contributed by atoms with Gasteiger partial charge in [0.2, 0.25) is 23.2 Å². The second-order valence-corrected chi connectivity index (χ2v) is 10.1. The number of aromatic hydroxyl groups is 2. The van der Waals surface area contributed by atoms with E-state index in [-0.39, 0.29) is 58.0 Å². The molecule has 0 bridgehead atoms. The number of fused-ring (bicyclic) bond motifs is 2. The standard InChI is InChI=1S/C24H30F2N4O6/c1-27(9-11-29(3,4)35)13-7-8-14(28(2)10-12-30(5,6)36)16-15(13)21(31)17-18(22(16)32)24(34)20(26)19(25)23(17)33/h7-8,35-36H,9-12H2,1-6H3/p+2. The Morgan fingerprint density at radius 3 is 1.28 bits per heavy atom. The van der Waals surface area contributed by atoms with E-state index >= 15 is 0 Å². The Morgan fingerprint density at radius 1 is 0.694 bits per heavy atom. The second-order valence-electron chi connectivity index (χ2n) is 10.1. The number of hydrogen-bond acceptors (Lipinski definition) is 8. The number of carbonyl (C=O) groups excluding carboxylic acids is 2. The molecular formula is C24H32F2N4O6+2. The lowest BCUT2D eigenvalue weighted by atomic mass is 9.80. The first-order valence-electron chi connectivity index (χ1n) is 11.2. The van der Waals surface area contributed by atoms with Gasteiger partial charge < -0.3 is 20.0 Å². The van der Waals surface area contributed by atoms with Crippen molar-refractivity contribution in [3.8, 4) is 11.5 Å². The lowest BCUT2D eigenvalue weighted by molar-refractivity contribution is -1.07. The van der Waals surface area contributed by atoms with Crippen LogP contribution in [0.25, 0.3) is 0 Å². The van der Waals surface area contributed by atoms with E-state index in [1.54, 1.807) is 64.2 Å². The molecule has 0 radical (unpaired) electrons. The Labute approximate surface area is 207 Å². The lowest BCUT2D eigenvalue weighted by Crippen LogP contribution is -2.43. The lowest BCUT2D eigenvalue weighted by Gasteiger charge is -2.32. The molecule has 0 unspecified atom stereocenters. The number of carbonyl (C=O) groups is 2. The molecule has 196 valence electrons. The number of phenols is 2. The average molecular weight is 511 g/mol. The summed E-state index contributed by atoms with van der Waals surface area (Å²) >= 11 is 0. The molecule has 0 saturated carbocycles. The zero-order chi connectivity index (χ0) is 27.3. The number of quaternary nitrogens is 2. The van der Waals surface area contributed by atoms with Gasteiger partial charge in [0, 0.05) is 25.5 Å². The molecule has 36 heavy (non-hydrogen) atoms. The zero-order valence-electron chi connectivity index (χ0n) is 21.1. The van der Waals surface area contributed by atoms with Crippen molar-refractivity contribution < 1.29 is 48.3 Å². The number of rotatable bonds is 8. The maximum absolute atomic E-state index is 14.3. The predicted octanol–water partition coefficient (Wildman–Crippen LogP) is 1.95. The summed E-state index contributed by atoms with van der Waals surface area (Å²) in [4.78, 5) is 30.6. The van der Waals surface area contributed by atoms with Gasteiger partial charge >= 0.3 is 0 Å². The molecule has 2 aromatic rings. The normalized spacial score (nSPS) is 13.5. The summed E-state index contributed by atoms with van der Waals surface area (Å²) in [7, 11) is 9.51. The number of benzene rings is 2. The van der Waals surface area contributed by atoms with Gasteiger partial charge in [-0.15, -0.1) is 0 Å². The molecular weight excluding hydrogens is 478 g/mol. The van der Waals surface area contributed by atoms with Gasteiger partial charge in [0.05, 0.1) is 63.5 Å². The quantitative estimate of drug-likeness (QED) is 0.206. The van der Waals surface area contributed by atoms with Gasteiger partial charge in [0.1, 0.15) is 13.1 Å². The van der Waals surface area contributed by atoms with Crippen molar-refractivity contribution in [2.24, 2.45) is 0 Å². The van der Waals surface area contributed by atoms with E-state index in [4.69, 9.17) is 0 Å². The first-order valence-corrected chi connectivity index (χ1v) is 11.2. The molecule has 2 aromatic carbocycles. The molecule has 1 aliphatic carbocycles. The third-order valence-electron chi connectivity index (χ3n) is 6.19. The Balaban J connectivity index is 2.26. The number of ketones is 2.